The lowest BCUT2D eigenvalue weighted by Gasteiger charge is -2.09. The fourth-order valence-corrected chi connectivity index (χ4v) is 2.04. The standard InChI is InChI=1S/C16H13ClF3N3O3/c1-9(10-3-2-4-12(5-10)26-8-14(24)25)22-23-15-13(17)6-11(7-21-15)16(18,19)20/h2-7H,8H2,1H3,(H,21,23)(H,24,25)/b22-9-. The monoisotopic (exact) mass is 387 g/mol. The van der Waals surface area contributed by atoms with Crippen molar-refractivity contribution in [3.63, 3.8) is 0 Å². The van der Waals surface area contributed by atoms with Crippen LogP contribution in [0.5, 0.6) is 5.75 Å². The molecule has 0 bridgehead atoms. The molecule has 0 radical (unpaired) electrons. The first-order chi connectivity index (χ1) is 12.2. The molecule has 0 amide bonds. The van der Waals surface area contributed by atoms with Crippen molar-refractivity contribution < 1.29 is 27.8 Å². The summed E-state index contributed by atoms with van der Waals surface area (Å²) in [5.41, 5.74) is 2.62. The van der Waals surface area contributed by atoms with Gasteiger partial charge in [-0.1, -0.05) is 23.7 Å². The van der Waals surface area contributed by atoms with Crippen molar-refractivity contribution in [2.24, 2.45) is 5.10 Å². The first-order valence-corrected chi connectivity index (χ1v) is 7.52. The fourth-order valence-electron chi connectivity index (χ4n) is 1.83. The van der Waals surface area contributed by atoms with Crippen molar-refractivity contribution in [2.45, 2.75) is 13.1 Å². The van der Waals surface area contributed by atoms with E-state index in [0.29, 0.717) is 23.2 Å². The Morgan fingerprint density at radius 3 is 2.73 bits per heavy atom. The second-order valence-electron chi connectivity index (χ2n) is 5.07. The highest BCUT2D eigenvalue weighted by Gasteiger charge is 2.31. The van der Waals surface area contributed by atoms with Crippen molar-refractivity contribution >= 4 is 29.1 Å². The van der Waals surface area contributed by atoms with Crippen molar-refractivity contribution in [1.82, 2.24) is 4.98 Å². The average molecular weight is 388 g/mol. The number of pyridine rings is 1. The number of hydrogen-bond acceptors (Lipinski definition) is 5. The molecule has 6 nitrogen and oxygen atoms in total. The third-order valence-electron chi connectivity index (χ3n) is 3.11. The minimum Gasteiger partial charge on any atom is -0.482 e. The van der Waals surface area contributed by atoms with Gasteiger partial charge in [0.2, 0.25) is 0 Å². The zero-order chi connectivity index (χ0) is 19.3. The Kier molecular flexibility index (Phi) is 6.04. The zero-order valence-electron chi connectivity index (χ0n) is 13.3. The summed E-state index contributed by atoms with van der Waals surface area (Å²) in [6, 6.07) is 7.26. The lowest BCUT2D eigenvalue weighted by Crippen LogP contribution is -2.10. The number of ether oxygens (including phenoxy) is 1. The van der Waals surface area contributed by atoms with Gasteiger partial charge in [-0.15, -0.1) is 0 Å². The number of carboxylic acid groups (broad SMARTS) is 1. The van der Waals surface area contributed by atoms with Crippen molar-refractivity contribution in [3.05, 3.63) is 52.7 Å². The maximum atomic E-state index is 12.6. The molecule has 10 heteroatoms. The van der Waals surface area contributed by atoms with E-state index >= 15 is 0 Å². The molecule has 138 valence electrons. The van der Waals surface area contributed by atoms with E-state index in [1.807, 2.05) is 0 Å². The number of carboxylic acids is 1. The Hall–Kier alpha value is -2.81. The second kappa shape index (κ2) is 8.05. The third-order valence-corrected chi connectivity index (χ3v) is 3.40. The molecule has 0 saturated carbocycles. The number of hydrogen-bond donors (Lipinski definition) is 2. The number of rotatable bonds is 6. The Bertz CT molecular complexity index is 841. The molecule has 0 unspecified atom stereocenters. The van der Waals surface area contributed by atoms with Crippen LogP contribution in [0.15, 0.2) is 41.6 Å². The van der Waals surface area contributed by atoms with Gasteiger partial charge in [0.15, 0.2) is 12.4 Å². The predicted molar refractivity (Wildman–Crippen MR) is 89.7 cm³/mol. The minimum absolute atomic E-state index is 0.0303. The molecule has 2 aromatic rings. The quantitative estimate of drug-likeness (QED) is 0.577. The Balaban J connectivity index is 2.13. The molecule has 0 spiro atoms. The van der Waals surface area contributed by atoms with Crippen LogP contribution in [0.4, 0.5) is 19.0 Å². The molecule has 26 heavy (non-hydrogen) atoms. The van der Waals surface area contributed by atoms with Gasteiger partial charge >= 0.3 is 12.1 Å². The number of aliphatic carboxylic acids is 1. The van der Waals surface area contributed by atoms with Gasteiger partial charge in [-0.25, -0.2) is 9.78 Å². The predicted octanol–water partition coefficient (Wildman–Crippen LogP) is 4.05. The highest BCUT2D eigenvalue weighted by atomic mass is 35.5. The largest absolute Gasteiger partial charge is 0.482 e. The summed E-state index contributed by atoms with van der Waals surface area (Å²) in [6.45, 7) is 1.16. The summed E-state index contributed by atoms with van der Waals surface area (Å²) in [6.07, 6.45) is -3.88. The molecule has 2 rings (SSSR count). The first kappa shape index (κ1) is 19.5. The zero-order valence-corrected chi connectivity index (χ0v) is 14.1. The van der Waals surface area contributed by atoms with Crippen molar-refractivity contribution in [2.75, 3.05) is 12.0 Å². The molecule has 0 aliphatic heterocycles. The van der Waals surface area contributed by atoms with E-state index < -0.39 is 24.3 Å². The molecular weight excluding hydrogens is 375 g/mol. The Labute approximate surface area is 151 Å². The molecule has 0 atom stereocenters. The van der Waals surface area contributed by atoms with Crippen LogP contribution < -0.4 is 10.2 Å². The molecule has 1 aromatic heterocycles. The van der Waals surface area contributed by atoms with E-state index in [0.717, 1.165) is 6.07 Å². The van der Waals surface area contributed by atoms with Gasteiger partial charge < -0.3 is 9.84 Å². The number of aromatic nitrogens is 1. The summed E-state index contributed by atoms with van der Waals surface area (Å²) in [4.78, 5) is 14.1. The first-order valence-electron chi connectivity index (χ1n) is 7.15. The Morgan fingerprint density at radius 1 is 1.38 bits per heavy atom. The highest BCUT2D eigenvalue weighted by molar-refractivity contribution is 6.33. The van der Waals surface area contributed by atoms with Crippen LogP contribution in [0.3, 0.4) is 0 Å². The maximum Gasteiger partial charge on any atom is 0.417 e. The SMILES string of the molecule is C/C(=N/Nc1ncc(C(F)(F)F)cc1Cl)c1cccc(OCC(=O)O)c1. The molecule has 1 aromatic carbocycles. The smallest absolute Gasteiger partial charge is 0.417 e. The summed E-state index contributed by atoms with van der Waals surface area (Å²) in [7, 11) is 0. The van der Waals surface area contributed by atoms with Gasteiger partial charge in [0.05, 0.1) is 16.3 Å². The second-order valence-corrected chi connectivity index (χ2v) is 5.48. The Morgan fingerprint density at radius 2 is 2.12 bits per heavy atom. The highest BCUT2D eigenvalue weighted by Crippen LogP contribution is 2.32. The normalized spacial score (nSPS) is 12.0. The van der Waals surface area contributed by atoms with Crippen LogP contribution >= 0.6 is 11.6 Å². The van der Waals surface area contributed by atoms with Crippen molar-refractivity contribution in [1.29, 1.82) is 0 Å². The van der Waals surface area contributed by atoms with Gasteiger partial charge in [0.25, 0.3) is 0 Å². The van der Waals surface area contributed by atoms with E-state index in [4.69, 9.17) is 21.4 Å². The van der Waals surface area contributed by atoms with Crippen LogP contribution in [0.1, 0.15) is 18.1 Å². The van der Waals surface area contributed by atoms with Crippen LogP contribution in [0, 0.1) is 0 Å². The van der Waals surface area contributed by atoms with Gasteiger partial charge in [-0.3, -0.25) is 5.43 Å². The molecule has 0 aliphatic carbocycles. The summed E-state index contributed by atoms with van der Waals surface area (Å²) >= 11 is 5.79. The molecule has 0 aliphatic rings. The third kappa shape index (κ3) is 5.35. The minimum atomic E-state index is -4.54. The molecule has 2 N–H and O–H groups in total. The van der Waals surface area contributed by atoms with E-state index in [1.54, 1.807) is 31.2 Å². The van der Waals surface area contributed by atoms with Gasteiger partial charge in [-0.2, -0.15) is 18.3 Å². The van der Waals surface area contributed by atoms with Crippen LogP contribution in [-0.2, 0) is 11.0 Å². The van der Waals surface area contributed by atoms with Gasteiger partial charge in [0, 0.05) is 11.8 Å². The number of nitrogens with one attached hydrogen (secondary N) is 1. The number of carbonyl (C=O) groups is 1. The summed E-state index contributed by atoms with van der Waals surface area (Å²) < 4.78 is 42.8. The molecule has 0 fully saturated rings. The number of alkyl halides is 3. The lowest BCUT2D eigenvalue weighted by atomic mass is 10.1. The number of nitrogens with zero attached hydrogens (tertiary/aromatic N) is 2. The topological polar surface area (TPSA) is 83.8 Å². The average Bonchev–Trinajstić information content (AvgIpc) is 2.58. The maximum absolute atomic E-state index is 12.6. The summed E-state index contributed by atoms with van der Waals surface area (Å²) in [5, 5.41) is 12.4. The van der Waals surface area contributed by atoms with E-state index in [2.05, 4.69) is 15.5 Å². The number of anilines is 1. The molecule has 0 saturated heterocycles. The summed E-state index contributed by atoms with van der Waals surface area (Å²) in [5.74, 6) is -0.798. The van der Waals surface area contributed by atoms with E-state index in [1.165, 1.54) is 0 Å². The van der Waals surface area contributed by atoms with Crippen LogP contribution in [0.2, 0.25) is 5.02 Å². The fraction of sp³-hybridized carbons (Fsp3) is 0.188. The van der Waals surface area contributed by atoms with Gasteiger partial charge in [-0.05, 0) is 25.1 Å². The number of benzene rings is 1. The number of halogens is 4. The van der Waals surface area contributed by atoms with E-state index in [9.17, 15) is 18.0 Å². The molecular formula is C16H13ClF3N3O3. The van der Waals surface area contributed by atoms with Crippen LogP contribution in [0.25, 0.3) is 0 Å². The number of hydrazone groups is 1. The molecule has 1 heterocycles. The van der Waals surface area contributed by atoms with Crippen molar-refractivity contribution in [3.8, 4) is 5.75 Å². The van der Waals surface area contributed by atoms with Crippen LogP contribution in [-0.4, -0.2) is 28.4 Å². The van der Waals surface area contributed by atoms with E-state index in [-0.39, 0.29) is 10.8 Å². The lowest BCUT2D eigenvalue weighted by molar-refractivity contribution is -0.139. The van der Waals surface area contributed by atoms with Gasteiger partial charge in [0.1, 0.15) is 5.75 Å².